The number of halogens is 2. The zero-order valence-corrected chi connectivity index (χ0v) is 10.9. The van der Waals surface area contributed by atoms with Gasteiger partial charge in [0.05, 0.1) is 11.6 Å². The number of hydrogen-bond acceptors (Lipinski definition) is 4. The third kappa shape index (κ3) is 2.10. The molecule has 0 atom stereocenters. The Bertz CT molecular complexity index is 639. The van der Waals surface area contributed by atoms with E-state index in [9.17, 15) is 0 Å². The minimum absolute atomic E-state index is 0.0981. The average molecular weight is 279 g/mol. The van der Waals surface area contributed by atoms with Crippen LogP contribution in [0.3, 0.4) is 0 Å². The molecule has 0 unspecified atom stereocenters. The molecule has 2 aromatic rings. The normalized spacial score (nSPS) is 10.1. The molecule has 0 spiro atoms. The van der Waals surface area contributed by atoms with Crippen molar-refractivity contribution in [2.75, 3.05) is 5.73 Å². The molecule has 0 fully saturated rings. The molecule has 1 aromatic carbocycles. The lowest BCUT2D eigenvalue weighted by molar-refractivity contribution is 1.17. The Kier molecular flexibility index (Phi) is 3.37. The highest BCUT2D eigenvalue weighted by Gasteiger charge is 2.13. The van der Waals surface area contributed by atoms with E-state index in [2.05, 4.69) is 16.0 Å². The fourth-order valence-corrected chi connectivity index (χ4v) is 1.82. The number of aromatic nitrogens is 2. The van der Waals surface area contributed by atoms with Crippen LogP contribution in [-0.4, -0.2) is 9.97 Å². The lowest BCUT2D eigenvalue weighted by Crippen LogP contribution is -1.99. The molecule has 6 heteroatoms. The first-order valence-electron chi connectivity index (χ1n) is 5.03. The summed E-state index contributed by atoms with van der Waals surface area (Å²) in [5.41, 5.74) is 7.69. The van der Waals surface area contributed by atoms with E-state index in [4.69, 9.17) is 34.2 Å². The monoisotopic (exact) mass is 278 g/mol. The van der Waals surface area contributed by atoms with Crippen molar-refractivity contribution in [3.63, 3.8) is 0 Å². The van der Waals surface area contributed by atoms with Crippen LogP contribution in [0.15, 0.2) is 18.2 Å². The molecule has 0 amide bonds. The third-order valence-electron chi connectivity index (χ3n) is 2.53. The van der Waals surface area contributed by atoms with E-state index in [1.54, 1.807) is 18.2 Å². The first-order chi connectivity index (χ1) is 8.54. The molecule has 18 heavy (non-hydrogen) atoms. The molecule has 0 aliphatic carbocycles. The van der Waals surface area contributed by atoms with Gasteiger partial charge in [-0.2, -0.15) is 5.26 Å². The van der Waals surface area contributed by atoms with Gasteiger partial charge in [0.15, 0.2) is 11.0 Å². The van der Waals surface area contributed by atoms with Gasteiger partial charge in [0.25, 0.3) is 0 Å². The summed E-state index contributed by atoms with van der Waals surface area (Å²) >= 11 is 11.7. The van der Waals surface area contributed by atoms with Crippen LogP contribution in [0.25, 0.3) is 11.4 Å². The van der Waals surface area contributed by atoms with E-state index in [1.807, 2.05) is 6.92 Å². The highest BCUT2D eigenvalue weighted by atomic mass is 35.5. The van der Waals surface area contributed by atoms with Crippen molar-refractivity contribution in [3.05, 3.63) is 39.5 Å². The Morgan fingerprint density at radius 2 is 2.00 bits per heavy atom. The summed E-state index contributed by atoms with van der Waals surface area (Å²) in [7, 11) is 0. The molecule has 2 N–H and O–H groups in total. The van der Waals surface area contributed by atoms with Gasteiger partial charge in [-0.05, 0) is 18.6 Å². The summed E-state index contributed by atoms with van der Waals surface area (Å²) in [6.07, 6.45) is 0. The van der Waals surface area contributed by atoms with Gasteiger partial charge < -0.3 is 5.73 Å². The molecule has 1 heterocycles. The predicted molar refractivity (Wildman–Crippen MR) is 71.4 cm³/mol. The van der Waals surface area contributed by atoms with Crippen LogP contribution >= 0.6 is 23.2 Å². The van der Waals surface area contributed by atoms with Gasteiger partial charge in [-0.25, -0.2) is 9.97 Å². The molecular formula is C12H8Cl2N4. The number of hydrogen-bond donors (Lipinski definition) is 1. The maximum atomic E-state index is 8.98. The maximum Gasteiger partial charge on any atom is 0.163 e. The van der Waals surface area contributed by atoms with E-state index in [1.165, 1.54) is 0 Å². The summed E-state index contributed by atoms with van der Waals surface area (Å²) in [6, 6.07) is 7.38. The number of nitriles is 1. The van der Waals surface area contributed by atoms with Gasteiger partial charge in [0.1, 0.15) is 10.8 Å². The van der Waals surface area contributed by atoms with Crippen molar-refractivity contribution in [2.45, 2.75) is 6.92 Å². The molecule has 0 saturated carbocycles. The average Bonchev–Trinajstić information content (AvgIpc) is 2.35. The molecular weight excluding hydrogens is 271 g/mol. The Morgan fingerprint density at radius 1 is 1.28 bits per heavy atom. The second kappa shape index (κ2) is 4.81. The predicted octanol–water partition coefficient (Wildman–Crippen LogP) is 3.21. The molecule has 0 aliphatic rings. The van der Waals surface area contributed by atoms with E-state index in [0.29, 0.717) is 17.0 Å². The van der Waals surface area contributed by atoms with Crippen molar-refractivity contribution in [1.82, 2.24) is 9.97 Å². The quantitative estimate of drug-likeness (QED) is 0.813. The smallest absolute Gasteiger partial charge is 0.163 e. The minimum atomic E-state index is 0.0981. The standard InChI is InChI=1S/C12H8Cl2N4/c1-6-7(5-15)3-2-4-8(6)12-17-10(14)9(13)11(16)18-12/h2-4H,1H3,(H2,16,17,18). The van der Waals surface area contributed by atoms with Crippen molar-refractivity contribution in [3.8, 4) is 17.5 Å². The van der Waals surface area contributed by atoms with E-state index in [-0.39, 0.29) is 16.0 Å². The Hall–Kier alpha value is -1.83. The van der Waals surface area contributed by atoms with Crippen LogP contribution in [0.1, 0.15) is 11.1 Å². The number of nitrogen functional groups attached to an aromatic ring is 1. The van der Waals surface area contributed by atoms with E-state index >= 15 is 0 Å². The van der Waals surface area contributed by atoms with Crippen molar-refractivity contribution < 1.29 is 0 Å². The van der Waals surface area contributed by atoms with Crippen LogP contribution in [0.5, 0.6) is 0 Å². The number of nitrogens with zero attached hydrogens (tertiary/aromatic N) is 3. The Labute approximate surface area is 114 Å². The van der Waals surface area contributed by atoms with Crippen LogP contribution in [0, 0.1) is 18.3 Å². The van der Waals surface area contributed by atoms with Crippen molar-refractivity contribution >= 4 is 29.0 Å². The minimum Gasteiger partial charge on any atom is -0.382 e. The molecule has 0 aliphatic heterocycles. The largest absolute Gasteiger partial charge is 0.382 e. The summed E-state index contributed by atoms with van der Waals surface area (Å²) in [5.74, 6) is 0.477. The first-order valence-corrected chi connectivity index (χ1v) is 5.78. The Balaban J connectivity index is 2.67. The third-order valence-corrected chi connectivity index (χ3v) is 3.27. The van der Waals surface area contributed by atoms with Crippen LogP contribution < -0.4 is 5.73 Å². The van der Waals surface area contributed by atoms with Crippen LogP contribution in [0.2, 0.25) is 10.2 Å². The lowest BCUT2D eigenvalue weighted by atomic mass is 10.0. The molecule has 1 aromatic heterocycles. The molecule has 0 radical (unpaired) electrons. The maximum absolute atomic E-state index is 8.98. The second-order valence-corrected chi connectivity index (χ2v) is 4.36. The van der Waals surface area contributed by atoms with Crippen LogP contribution in [-0.2, 0) is 0 Å². The van der Waals surface area contributed by atoms with Gasteiger partial charge in [-0.15, -0.1) is 0 Å². The summed E-state index contributed by atoms with van der Waals surface area (Å²) in [4.78, 5) is 8.15. The van der Waals surface area contributed by atoms with Gasteiger partial charge >= 0.3 is 0 Å². The van der Waals surface area contributed by atoms with Gasteiger partial charge in [0, 0.05) is 5.56 Å². The van der Waals surface area contributed by atoms with Crippen molar-refractivity contribution in [2.24, 2.45) is 0 Å². The highest BCUT2D eigenvalue weighted by molar-refractivity contribution is 6.42. The number of benzene rings is 1. The van der Waals surface area contributed by atoms with Crippen LogP contribution in [0.4, 0.5) is 5.82 Å². The Morgan fingerprint density at radius 3 is 2.61 bits per heavy atom. The lowest BCUT2D eigenvalue weighted by Gasteiger charge is -2.08. The zero-order chi connectivity index (χ0) is 13.3. The zero-order valence-electron chi connectivity index (χ0n) is 9.41. The fraction of sp³-hybridized carbons (Fsp3) is 0.0833. The fourth-order valence-electron chi connectivity index (χ4n) is 1.56. The van der Waals surface area contributed by atoms with Gasteiger partial charge in [0.2, 0.25) is 0 Å². The molecule has 4 nitrogen and oxygen atoms in total. The molecule has 0 bridgehead atoms. The SMILES string of the molecule is Cc1c(C#N)cccc1-c1nc(N)c(Cl)c(Cl)n1. The molecule has 90 valence electrons. The first kappa shape index (κ1) is 12.6. The van der Waals surface area contributed by atoms with Gasteiger partial charge in [-0.1, -0.05) is 35.3 Å². The number of nitrogens with two attached hydrogens (primary N) is 1. The van der Waals surface area contributed by atoms with E-state index < -0.39 is 0 Å². The molecule has 2 rings (SSSR count). The number of anilines is 1. The highest BCUT2D eigenvalue weighted by Crippen LogP contribution is 2.29. The summed E-state index contributed by atoms with van der Waals surface area (Å²) < 4.78 is 0. The summed E-state index contributed by atoms with van der Waals surface area (Å²) in [5, 5.41) is 9.21. The number of rotatable bonds is 1. The topological polar surface area (TPSA) is 75.6 Å². The van der Waals surface area contributed by atoms with Gasteiger partial charge in [-0.3, -0.25) is 0 Å². The van der Waals surface area contributed by atoms with Crippen molar-refractivity contribution in [1.29, 1.82) is 5.26 Å². The van der Waals surface area contributed by atoms with E-state index in [0.717, 1.165) is 5.56 Å². The molecule has 0 saturated heterocycles. The summed E-state index contributed by atoms with van der Waals surface area (Å²) in [6.45, 7) is 1.82. The second-order valence-electron chi connectivity index (χ2n) is 3.63.